The minimum atomic E-state index is -1.39. The zero-order valence-electron chi connectivity index (χ0n) is 33.4. The van der Waals surface area contributed by atoms with Gasteiger partial charge in [-0.05, 0) is 106 Å². The van der Waals surface area contributed by atoms with E-state index < -0.39 is 35.3 Å². The van der Waals surface area contributed by atoms with Crippen molar-refractivity contribution in [2.75, 3.05) is 74.6 Å². The number of cyclic esters (lactones) is 1. The molecule has 0 aromatic rings. The van der Waals surface area contributed by atoms with E-state index in [1.54, 1.807) is 21.0 Å². The minimum absolute atomic E-state index is 0.00577. The third-order valence-electron chi connectivity index (χ3n) is 12.2. The van der Waals surface area contributed by atoms with Crippen molar-refractivity contribution < 1.29 is 33.3 Å². The van der Waals surface area contributed by atoms with Gasteiger partial charge < -0.3 is 33.6 Å². The van der Waals surface area contributed by atoms with Gasteiger partial charge in [-0.15, -0.1) is 0 Å². The van der Waals surface area contributed by atoms with E-state index in [2.05, 4.69) is 56.7 Å². The molecule has 3 aliphatic heterocycles. The Balaban J connectivity index is 1.48. The zero-order chi connectivity index (χ0) is 37.1. The van der Waals surface area contributed by atoms with Gasteiger partial charge in [0.15, 0.2) is 12.1 Å². The first-order valence-electron chi connectivity index (χ1n) is 19.3. The molecular weight excluding hydrogens is 636 g/mol. The molecule has 11 nitrogen and oxygen atoms in total. The number of Topliss-reactive ketones (excluding diaryl/α,β-unsaturated/α-hetero) is 1. The van der Waals surface area contributed by atoms with E-state index in [-0.39, 0.29) is 54.2 Å². The van der Waals surface area contributed by atoms with Gasteiger partial charge in [-0.2, -0.15) is 0 Å². The van der Waals surface area contributed by atoms with Crippen molar-refractivity contribution in [2.24, 2.45) is 35.0 Å². The molecule has 3 heterocycles. The Morgan fingerprint density at radius 1 is 1.04 bits per heavy atom. The van der Waals surface area contributed by atoms with E-state index in [1.807, 2.05) is 25.7 Å². The largest absolute Gasteiger partial charge is 0.463 e. The molecule has 288 valence electrons. The monoisotopic (exact) mass is 707 g/mol. The van der Waals surface area contributed by atoms with Crippen LogP contribution in [0.4, 0.5) is 0 Å². The molecule has 11 heteroatoms. The molecule has 4 fully saturated rings. The summed E-state index contributed by atoms with van der Waals surface area (Å²) in [6, 6.07) is 0.198. The maximum absolute atomic E-state index is 14.3. The number of methoxy groups -OCH3 is 1. The summed E-state index contributed by atoms with van der Waals surface area (Å²) in [5.41, 5.74) is -2.23. The Kier molecular flexibility index (Phi) is 14.0. The number of amides is 1. The van der Waals surface area contributed by atoms with Crippen molar-refractivity contribution in [3.63, 3.8) is 0 Å². The quantitative estimate of drug-likeness (QED) is 0.230. The van der Waals surface area contributed by atoms with Gasteiger partial charge >= 0.3 is 5.97 Å². The van der Waals surface area contributed by atoms with Gasteiger partial charge in [0.1, 0.15) is 12.0 Å². The third kappa shape index (κ3) is 10.1. The Labute approximate surface area is 303 Å². The summed E-state index contributed by atoms with van der Waals surface area (Å²) < 4.78 is 25.4. The Hall–Kier alpha value is -1.63. The number of rotatable bonds is 11. The first-order valence-corrected chi connectivity index (χ1v) is 19.3. The maximum atomic E-state index is 14.3. The van der Waals surface area contributed by atoms with E-state index in [1.165, 1.54) is 12.8 Å². The highest BCUT2D eigenvalue weighted by Gasteiger charge is 2.51. The van der Waals surface area contributed by atoms with E-state index in [0.29, 0.717) is 25.9 Å². The van der Waals surface area contributed by atoms with Crippen LogP contribution in [-0.2, 0) is 33.3 Å². The fourth-order valence-corrected chi connectivity index (χ4v) is 8.62. The summed E-state index contributed by atoms with van der Waals surface area (Å²) in [6.07, 6.45) is 4.58. The van der Waals surface area contributed by atoms with Crippen molar-refractivity contribution in [3.8, 4) is 0 Å². The van der Waals surface area contributed by atoms with Gasteiger partial charge in [-0.25, -0.2) is 0 Å². The number of carbonyl (C=O) groups excluding carboxylic acids is 3. The fraction of sp³-hybridized carbons (Fsp3) is 0.923. The van der Waals surface area contributed by atoms with Crippen LogP contribution in [0.3, 0.4) is 0 Å². The van der Waals surface area contributed by atoms with Gasteiger partial charge in [0.05, 0.1) is 17.8 Å². The lowest BCUT2D eigenvalue weighted by Gasteiger charge is -2.47. The van der Waals surface area contributed by atoms with Gasteiger partial charge in [0.2, 0.25) is 5.91 Å². The van der Waals surface area contributed by atoms with Crippen LogP contribution >= 0.6 is 0 Å². The van der Waals surface area contributed by atoms with Crippen LogP contribution < -0.4 is 0 Å². The highest BCUT2D eigenvalue weighted by Crippen LogP contribution is 2.39. The molecule has 0 radical (unpaired) electrons. The molecule has 1 saturated carbocycles. The molecule has 3 saturated heterocycles. The number of nitrogens with zero attached hydrogens (tertiary/aromatic N) is 4. The molecule has 0 aromatic heterocycles. The number of likely N-dealkylation sites (tertiary alicyclic amines) is 1. The normalized spacial score (nSPS) is 36.0. The molecule has 1 amide bonds. The molecule has 0 spiro atoms. The van der Waals surface area contributed by atoms with Crippen LogP contribution in [0.2, 0.25) is 0 Å². The second-order valence-corrected chi connectivity index (χ2v) is 17.6. The predicted molar refractivity (Wildman–Crippen MR) is 195 cm³/mol. The number of likely N-dealkylation sites (N-methyl/N-ethyl adjacent to an activating group) is 1. The van der Waals surface area contributed by atoms with Crippen molar-refractivity contribution in [2.45, 2.75) is 123 Å². The summed E-state index contributed by atoms with van der Waals surface area (Å²) in [7, 11) is 10.1. The fourth-order valence-electron chi connectivity index (χ4n) is 8.62. The summed E-state index contributed by atoms with van der Waals surface area (Å²) >= 11 is 0. The van der Waals surface area contributed by atoms with Gasteiger partial charge in [-0.3, -0.25) is 19.3 Å². The molecule has 9 atom stereocenters. The van der Waals surface area contributed by atoms with Crippen LogP contribution in [0.25, 0.3) is 0 Å². The van der Waals surface area contributed by atoms with Gasteiger partial charge in [0, 0.05) is 69.5 Å². The number of carbonyl (C=O) groups is 3. The van der Waals surface area contributed by atoms with Crippen LogP contribution in [0, 0.1) is 35.0 Å². The van der Waals surface area contributed by atoms with E-state index in [0.717, 1.165) is 38.4 Å². The Bertz CT molecular complexity index is 1160. The molecule has 1 unspecified atom stereocenters. The second kappa shape index (κ2) is 17.0. The number of hydrogen-bond acceptors (Lipinski definition) is 10. The smallest absolute Gasteiger partial charge is 0.319 e. The average Bonchev–Trinajstić information content (AvgIpc) is 3.85. The zero-order valence-corrected chi connectivity index (χ0v) is 33.4. The highest BCUT2D eigenvalue weighted by atomic mass is 16.7. The predicted octanol–water partition coefficient (Wildman–Crippen LogP) is 4.17. The first kappa shape index (κ1) is 41.1. The second-order valence-electron chi connectivity index (χ2n) is 17.6. The van der Waals surface area contributed by atoms with Gasteiger partial charge in [-0.1, -0.05) is 20.8 Å². The topological polar surface area (TPSA) is 101 Å². The van der Waals surface area contributed by atoms with Crippen molar-refractivity contribution in [1.29, 1.82) is 0 Å². The van der Waals surface area contributed by atoms with E-state index in [9.17, 15) is 14.4 Å². The van der Waals surface area contributed by atoms with Gasteiger partial charge in [0.25, 0.3) is 0 Å². The Morgan fingerprint density at radius 2 is 1.70 bits per heavy atom. The van der Waals surface area contributed by atoms with Crippen molar-refractivity contribution in [3.05, 3.63) is 0 Å². The number of ether oxygens (including phenoxy) is 4. The van der Waals surface area contributed by atoms with E-state index in [4.69, 9.17) is 18.9 Å². The summed E-state index contributed by atoms with van der Waals surface area (Å²) in [5.74, 6) is -0.0957. The number of hydrogen-bond donors (Lipinski definition) is 0. The molecule has 4 rings (SSSR count). The van der Waals surface area contributed by atoms with Crippen LogP contribution in [0.5, 0.6) is 0 Å². The Morgan fingerprint density at radius 3 is 2.30 bits per heavy atom. The molecule has 50 heavy (non-hydrogen) atoms. The first-order chi connectivity index (χ1) is 23.4. The molecule has 0 N–H and O–H groups in total. The third-order valence-corrected chi connectivity index (χ3v) is 12.2. The lowest BCUT2D eigenvalue weighted by Crippen LogP contribution is -2.60. The molecule has 4 aliphatic rings. The standard InChI is InChI=1S/C39H70N4O7/c1-25-19-39(7,47-12)35(50-33-18-31(40(8)9)17-27(3)49-33)28(4)34(44)38(5,6)37(46)48-24-32(42(11)20-25)30-22-43(23-30)36(45)26(2)15-16-41(10)21-29-13-14-29/h25-33,35H,13-24H2,1-12H3/t25-,26-,27-,28+,31+,32?,33+,35-,39-/m1/s1. The van der Waals surface area contributed by atoms with Crippen molar-refractivity contribution in [1.82, 2.24) is 19.6 Å². The molecule has 0 bridgehead atoms. The molecule has 0 aromatic carbocycles. The molecule has 1 aliphatic carbocycles. The van der Waals surface area contributed by atoms with Crippen LogP contribution in [0.1, 0.15) is 87.0 Å². The molecular formula is C39H70N4O7. The summed E-state index contributed by atoms with van der Waals surface area (Å²) in [5, 5.41) is 0. The lowest BCUT2D eigenvalue weighted by atomic mass is 9.74. The number of esters is 1. The van der Waals surface area contributed by atoms with E-state index >= 15 is 0 Å². The highest BCUT2D eigenvalue weighted by molar-refractivity contribution is 6.04. The van der Waals surface area contributed by atoms with Crippen LogP contribution in [-0.4, -0.2) is 148 Å². The summed E-state index contributed by atoms with van der Waals surface area (Å²) in [6.45, 7) is 17.7. The lowest BCUT2D eigenvalue weighted by molar-refractivity contribution is -0.263. The SMILES string of the molecule is CO[C@]1(C)C[C@@H](C)CN(C)C(C2CN(C(=O)[C@H](C)CCN(C)CC3CC3)C2)COC(=O)C(C)(C)C(=O)[C@H](C)[C@H]1O[C@H]1C[C@@H](N(C)C)C[C@@H](C)O1. The average molecular weight is 707 g/mol. The maximum Gasteiger partial charge on any atom is 0.319 e. The van der Waals surface area contributed by atoms with Crippen molar-refractivity contribution >= 4 is 17.7 Å². The number of ketones is 1. The minimum Gasteiger partial charge on any atom is -0.463 e. The van der Waals surface area contributed by atoms with Crippen LogP contribution in [0.15, 0.2) is 0 Å². The summed E-state index contributed by atoms with van der Waals surface area (Å²) in [4.78, 5) is 50.2.